The third-order valence-electron chi connectivity index (χ3n) is 3.47. The Hall–Kier alpha value is -1.71. The van der Waals surface area contributed by atoms with E-state index in [9.17, 15) is 14.0 Å². The number of carbonyl (C=O) groups excluding carboxylic acids is 2. The SMILES string of the molecule is CCCCCC(=O)OC(=O)C(F)CCCCc1ccccc1. The van der Waals surface area contributed by atoms with Gasteiger partial charge >= 0.3 is 11.9 Å². The quantitative estimate of drug-likeness (QED) is 0.366. The molecule has 0 aliphatic heterocycles. The summed E-state index contributed by atoms with van der Waals surface area (Å²) in [4.78, 5) is 22.8. The van der Waals surface area contributed by atoms with E-state index in [0.29, 0.717) is 12.8 Å². The molecule has 0 radical (unpaired) electrons. The van der Waals surface area contributed by atoms with E-state index < -0.39 is 18.1 Å². The van der Waals surface area contributed by atoms with Crippen molar-refractivity contribution in [2.75, 3.05) is 0 Å². The molecule has 0 saturated heterocycles. The zero-order valence-electron chi connectivity index (χ0n) is 13.2. The number of hydrogen-bond donors (Lipinski definition) is 0. The van der Waals surface area contributed by atoms with Crippen molar-refractivity contribution in [2.45, 2.75) is 64.5 Å². The van der Waals surface area contributed by atoms with Crippen LogP contribution in [0.1, 0.15) is 57.4 Å². The van der Waals surface area contributed by atoms with E-state index in [2.05, 4.69) is 4.74 Å². The van der Waals surface area contributed by atoms with E-state index in [4.69, 9.17) is 0 Å². The predicted octanol–water partition coefficient (Wildman–Crippen LogP) is 4.39. The number of benzene rings is 1. The Bertz CT molecular complexity index is 445. The summed E-state index contributed by atoms with van der Waals surface area (Å²) in [6.45, 7) is 2.02. The molecule has 0 aliphatic carbocycles. The molecule has 1 unspecified atom stereocenters. The molecule has 1 aromatic rings. The van der Waals surface area contributed by atoms with Gasteiger partial charge in [-0.05, 0) is 37.7 Å². The maximum atomic E-state index is 13.6. The van der Waals surface area contributed by atoms with Crippen LogP contribution in [0.4, 0.5) is 4.39 Å². The molecule has 1 aromatic carbocycles. The maximum absolute atomic E-state index is 13.6. The number of aryl methyl sites for hydroxylation is 1. The maximum Gasteiger partial charge on any atom is 0.348 e. The predicted molar refractivity (Wildman–Crippen MR) is 84.1 cm³/mol. The summed E-state index contributed by atoms with van der Waals surface area (Å²) >= 11 is 0. The number of carbonyl (C=O) groups is 2. The van der Waals surface area contributed by atoms with Crippen LogP contribution in [-0.2, 0) is 20.7 Å². The van der Waals surface area contributed by atoms with Crippen molar-refractivity contribution >= 4 is 11.9 Å². The topological polar surface area (TPSA) is 43.4 Å². The van der Waals surface area contributed by atoms with Crippen molar-refractivity contribution in [1.82, 2.24) is 0 Å². The van der Waals surface area contributed by atoms with Crippen LogP contribution in [0.15, 0.2) is 30.3 Å². The van der Waals surface area contributed by atoms with E-state index >= 15 is 0 Å². The molecule has 1 rings (SSSR count). The lowest BCUT2D eigenvalue weighted by atomic mass is 10.1. The Morgan fingerprint density at radius 1 is 1.09 bits per heavy atom. The van der Waals surface area contributed by atoms with Gasteiger partial charge in [0, 0.05) is 6.42 Å². The highest BCUT2D eigenvalue weighted by molar-refractivity contribution is 5.87. The summed E-state index contributed by atoms with van der Waals surface area (Å²) in [6.07, 6.45) is 3.41. The van der Waals surface area contributed by atoms with Gasteiger partial charge in [0.25, 0.3) is 0 Å². The lowest BCUT2D eigenvalue weighted by Crippen LogP contribution is -2.22. The Morgan fingerprint density at radius 3 is 2.50 bits per heavy atom. The molecule has 3 nitrogen and oxygen atoms in total. The van der Waals surface area contributed by atoms with Gasteiger partial charge in [-0.1, -0.05) is 50.1 Å². The third-order valence-corrected chi connectivity index (χ3v) is 3.47. The van der Waals surface area contributed by atoms with Crippen molar-refractivity contribution in [2.24, 2.45) is 0 Å². The van der Waals surface area contributed by atoms with Crippen LogP contribution < -0.4 is 0 Å². The van der Waals surface area contributed by atoms with Gasteiger partial charge in [0.2, 0.25) is 0 Å². The number of hydrogen-bond acceptors (Lipinski definition) is 3. The molecule has 0 amide bonds. The summed E-state index contributed by atoms with van der Waals surface area (Å²) in [5.41, 5.74) is 1.20. The Morgan fingerprint density at radius 2 is 1.82 bits per heavy atom. The average molecular weight is 308 g/mol. The molecule has 0 N–H and O–H groups in total. The minimum Gasteiger partial charge on any atom is -0.391 e. The highest BCUT2D eigenvalue weighted by Gasteiger charge is 2.21. The van der Waals surface area contributed by atoms with Crippen LogP contribution in [0.25, 0.3) is 0 Å². The summed E-state index contributed by atoms with van der Waals surface area (Å²) in [5, 5.41) is 0. The van der Waals surface area contributed by atoms with Crippen LogP contribution >= 0.6 is 0 Å². The molecule has 4 heteroatoms. The van der Waals surface area contributed by atoms with Gasteiger partial charge in [-0.25, -0.2) is 9.18 Å². The smallest absolute Gasteiger partial charge is 0.348 e. The second-order valence-corrected chi connectivity index (χ2v) is 5.45. The van der Waals surface area contributed by atoms with Gasteiger partial charge in [0.15, 0.2) is 6.17 Å². The van der Waals surface area contributed by atoms with Crippen LogP contribution in [-0.4, -0.2) is 18.1 Å². The van der Waals surface area contributed by atoms with Crippen LogP contribution in [0.3, 0.4) is 0 Å². The number of rotatable bonds is 10. The fraction of sp³-hybridized carbons (Fsp3) is 0.556. The van der Waals surface area contributed by atoms with E-state index in [1.54, 1.807) is 0 Å². The molecule has 0 bridgehead atoms. The summed E-state index contributed by atoms with van der Waals surface area (Å²) in [6, 6.07) is 9.94. The monoisotopic (exact) mass is 308 g/mol. The summed E-state index contributed by atoms with van der Waals surface area (Å²) in [5.74, 6) is -1.66. The first kappa shape index (κ1) is 18.3. The van der Waals surface area contributed by atoms with Crippen LogP contribution in [0, 0.1) is 0 Å². The number of alkyl halides is 1. The molecule has 22 heavy (non-hydrogen) atoms. The van der Waals surface area contributed by atoms with E-state index in [1.165, 1.54) is 5.56 Å². The average Bonchev–Trinajstić information content (AvgIpc) is 2.52. The van der Waals surface area contributed by atoms with E-state index in [1.807, 2.05) is 37.3 Å². The number of unbranched alkanes of at least 4 members (excludes halogenated alkanes) is 3. The van der Waals surface area contributed by atoms with Crippen molar-refractivity contribution < 1.29 is 18.7 Å². The minimum atomic E-state index is -1.70. The molecular formula is C18H25FO3. The number of halogens is 1. The highest BCUT2D eigenvalue weighted by atomic mass is 19.1. The second kappa shape index (κ2) is 10.9. The Balaban J connectivity index is 2.14. The summed E-state index contributed by atoms with van der Waals surface area (Å²) < 4.78 is 18.2. The first-order chi connectivity index (χ1) is 10.6. The van der Waals surface area contributed by atoms with Crippen molar-refractivity contribution in [3.8, 4) is 0 Å². The second-order valence-electron chi connectivity index (χ2n) is 5.45. The minimum absolute atomic E-state index is 0.105. The fourth-order valence-corrected chi connectivity index (χ4v) is 2.16. The summed E-state index contributed by atoms with van der Waals surface area (Å²) in [7, 11) is 0. The Labute approximate surface area is 131 Å². The van der Waals surface area contributed by atoms with Gasteiger partial charge in [-0.3, -0.25) is 4.79 Å². The van der Waals surface area contributed by atoms with E-state index in [0.717, 1.165) is 25.7 Å². The lowest BCUT2D eigenvalue weighted by molar-refractivity contribution is -0.163. The molecule has 1 atom stereocenters. The van der Waals surface area contributed by atoms with E-state index in [-0.39, 0.29) is 12.8 Å². The van der Waals surface area contributed by atoms with Crippen LogP contribution in [0.5, 0.6) is 0 Å². The molecule has 0 spiro atoms. The standard InChI is InChI=1S/C18H25FO3/c1-2-3-5-14-17(20)22-18(21)16(19)13-9-8-12-15-10-6-4-7-11-15/h4,6-7,10-11,16H,2-3,5,8-9,12-14H2,1H3. The van der Waals surface area contributed by atoms with Crippen molar-refractivity contribution in [1.29, 1.82) is 0 Å². The zero-order valence-corrected chi connectivity index (χ0v) is 13.2. The van der Waals surface area contributed by atoms with Gasteiger partial charge in [0.1, 0.15) is 0 Å². The number of esters is 2. The van der Waals surface area contributed by atoms with Crippen molar-refractivity contribution in [3.63, 3.8) is 0 Å². The Kier molecular flexibility index (Phi) is 9.12. The molecule has 0 saturated carbocycles. The highest BCUT2D eigenvalue weighted by Crippen LogP contribution is 2.11. The lowest BCUT2D eigenvalue weighted by Gasteiger charge is -2.07. The van der Waals surface area contributed by atoms with Gasteiger partial charge in [0.05, 0.1) is 0 Å². The van der Waals surface area contributed by atoms with Crippen molar-refractivity contribution in [3.05, 3.63) is 35.9 Å². The fourth-order valence-electron chi connectivity index (χ4n) is 2.16. The van der Waals surface area contributed by atoms with Gasteiger partial charge < -0.3 is 4.74 Å². The first-order valence-electron chi connectivity index (χ1n) is 8.06. The normalized spacial score (nSPS) is 11.9. The molecule has 0 fully saturated rings. The van der Waals surface area contributed by atoms with Gasteiger partial charge in [-0.2, -0.15) is 0 Å². The van der Waals surface area contributed by atoms with Gasteiger partial charge in [-0.15, -0.1) is 0 Å². The third kappa shape index (κ3) is 7.91. The molecule has 122 valence electrons. The molecule has 0 aliphatic rings. The first-order valence-corrected chi connectivity index (χ1v) is 8.06. The molecular weight excluding hydrogens is 283 g/mol. The zero-order chi connectivity index (χ0) is 16.2. The molecule has 0 aromatic heterocycles. The largest absolute Gasteiger partial charge is 0.391 e. The molecule has 0 heterocycles. The number of ether oxygens (including phenoxy) is 1. The van der Waals surface area contributed by atoms with Crippen LogP contribution in [0.2, 0.25) is 0 Å².